The van der Waals surface area contributed by atoms with Gasteiger partial charge in [-0.05, 0) is 75.4 Å². The quantitative estimate of drug-likeness (QED) is 0.187. The van der Waals surface area contributed by atoms with Gasteiger partial charge in [0.25, 0.3) is 5.56 Å². The highest BCUT2D eigenvalue weighted by Crippen LogP contribution is 2.39. The minimum Gasteiger partial charge on any atom is -0.495 e. The monoisotopic (exact) mass is 617 g/mol. The molecule has 1 aliphatic carbocycles. The van der Waals surface area contributed by atoms with E-state index in [1.807, 2.05) is 6.92 Å². The number of esters is 1. The zero-order chi connectivity index (χ0) is 31.1. The number of benzene rings is 2. The van der Waals surface area contributed by atoms with E-state index in [1.54, 1.807) is 31.2 Å². The highest BCUT2D eigenvalue weighted by molar-refractivity contribution is 6.31. The summed E-state index contributed by atoms with van der Waals surface area (Å²) in [5, 5.41) is 0.242. The van der Waals surface area contributed by atoms with E-state index < -0.39 is 24.2 Å². The first-order valence-corrected chi connectivity index (χ1v) is 14.4. The molecule has 0 spiro atoms. The molecule has 1 unspecified atom stereocenters. The Bertz CT molecular complexity index is 1500. The Kier molecular flexibility index (Phi) is 10.6. The van der Waals surface area contributed by atoms with E-state index in [9.17, 15) is 23.2 Å². The molecule has 4 rings (SSSR count). The van der Waals surface area contributed by atoms with Crippen LogP contribution in [-0.2, 0) is 20.7 Å². The SMILES string of the molecule is CCOC(=O)c1ccc(CC(=O)C(CCOC2(C)CCC2)n2cc(OC)c(-c3cc(Cl)ccc3OC(F)F)cc2=O)cc1. The molecule has 1 saturated carbocycles. The smallest absolute Gasteiger partial charge is 0.387 e. The lowest BCUT2D eigenvalue weighted by Crippen LogP contribution is -2.38. The fourth-order valence-electron chi connectivity index (χ4n) is 5.04. The molecule has 2 aromatic carbocycles. The number of pyridine rings is 1. The van der Waals surface area contributed by atoms with Gasteiger partial charge in [-0.25, -0.2) is 4.79 Å². The van der Waals surface area contributed by atoms with E-state index >= 15 is 0 Å². The lowest BCUT2D eigenvalue weighted by Gasteiger charge is -2.38. The molecule has 0 bridgehead atoms. The van der Waals surface area contributed by atoms with Gasteiger partial charge in [-0.1, -0.05) is 23.7 Å². The minimum absolute atomic E-state index is 0.0117. The Morgan fingerprint density at radius 2 is 1.74 bits per heavy atom. The van der Waals surface area contributed by atoms with Crippen LogP contribution in [0.15, 0.2) is 59.5 Å². The Morgan fingerprint density at radius 1 is 1.05 bits per heavy atom. The summed E-state index contributed by atoms with van der Waals surface area (Å²) in [6.45, 7) is 1.13. The third kappa shape index (κ3) is 8.00. The number of carbonyl (C=O) groups is 2. The van der Waals surface area contributed by atoms with Gasteiger partial charge in [-0.15, -0.1) is 0 Å². The summed E-state index contributed by atoms with van der Waals surface area (Å²) in [7, 11) is 1.37. The fraction of sp³-hybridized carbons (Fsp3) is 0.406. The maximum atomic E-state index is 13.7. The molecule has 8 nitrogen and oxygen atoms in total. The highest BCUT2D eigenvalue weighted by Gasteiger charge is 2.33. The van der Waals surface area contributed by atoms with Crippen molar-refractivity contribution in [2.45, 2.75) is 64.2 Å². The highest BCUT2D eigenvalue weighted by atomic mass is 35.5. The fourth-order valence-corrected chi connectivity index (χ4v) is 5.21. The number of carbonyl (C=O) groups excluding carboxylic acids is 2. The Hall–Kier alpha value is -3.76. The van der Waals surface area contributed by atoms with Crippen LogP contribution in [0.1, 0.15) is 61.5 Å². The predicted molar refractivity (Wildman–Crippen MR) is 157 cm³/mol. The van der Waals surface area contributed by atoms with E-state index in [2.05, 4.69) is 4.74 Å². The lowest BCUT2D eigenvalue weighted by molar-refractivity contribution is -0.124. The summed E-state index contributed by atoms with van der Waals surface area (Å²) in [6, 6.07) is 10.9. The van der Waals surface area contributed by atoms with Crippen molar-refractivity contribution < 1.29 is 37.3 Å². The number of halogens is 3. The normalized spacial score (nSPS) is 14.6. The molecule has 1 aliphatic rings. The molecule has 43 heavy (non-hydrogen) atoms. The van der Waals surface area contributed by atoms with Gasteiger partial charge < -0.3 is 23.5 Å². The first-order valence-electron chi connectivity index (χ1n) is 14.0. The molecule has 230 valence electrons. The van der Waals surface area contributed by atoms with Crippen molar-refractivity contribution in [3.63, 3.8) is 0 Å². The van der Waals surface area contributed by atoms with Gasteiger partial charge in [-0.2, -0.15) is 8.78 Å². The standard InChI is InChI=1S/C32H34ClF2NO7/c1-4-41-30(39)21-8-6-20(7-9-21)16-26(37)25(12-15-42-32(2)13-5-14-32)36-19-28(40-3)24(18-29(36)38)23-17-22(33)10-11-27(23)43-31(34)35/h6-11,17-19,25,31H,4-5,12-16H2,1-3H3. The van der Waals surface area contributed by atoms with E-state index in [4.69, 9.17) is 25.8 Å². The van der Waals surface area contributed by atoms with Gasteiger partial charge >= 0.3 is 12.6 Å². The lowest BCUT2D eigenvalue weighted by atomic mass is 9.82. The van der Waals surface area contributed by atoms with Crippen LogP contribution in [-0.4, -0.2) is 48.9 Å². The molecule has 0 radical (unpaired) electrons. The third-order valence-corrected chi connectivity index (χ3v) is 7.75. The number of hydrogen-bond acceptors (Lipinski definition) is 7. The van der Waals surface area contributed by atoms with E-state index in [-0.39, 0.29) is 65.1 Å². The number of ketones is 1. The minimum atomic E-state index is -3.10. The predicted octanol–water partition coefficient (Wildman–Crippen LogP) is 6.66. The Labute approximate surface area is 253 Å². The number of hydrogen-bond donors (Lipinski definition) is 0. The van der Waals surface area contributed by atoms with Crippen molar-refractivity contribution in [3.8, 4) is 22.6 Å². The molecule has 1 fully saturated rings. The molecule has 1 atom stereocenters. The van der Waals surface area contributed by atoms with Crippen molar-refractivity contribution in [1.82, 2.24) is 4.57 Å². The molecular formula is C32H34ClF2NO7. The zero-order valence-electron chi connectivity index (χ0n) is 24.2. The number of methoxy groups -OCH3 is 1. The van der Waals surface area contributed by atoms with E-state index in [1.165, 1.54) is 42.1 Å². The summed E-state index contributed by atoms with van der Waals surface area (Å²) in [6.07, 6.45) is 4.51. The number of ether oxygens (including phenoxy) is 4. The average Bonchev–Trinajstić information content (AvgIpc) is 2.95. The molecule has 3 aromatic rings. The summed E-state index contributed by atoms with van der Waals surface area (Å²) in [5.74, 6) is -0.742. The maximum Gasteiger partial charge on any atom is 0.387 e. The number of nitrogens with zero attached hydrogens (tertiary/aromatic N) is 1. The molecule has 0 saturated heterocycles. The van der Waals surface area contributed by atoms with Crippen LogP contribution in [0.2, 0.25) is 5.02 Å². The van der Waals surface area contributed by atoms with Crippen LogP contribution in [0, 0.1) is 0 Å². The van der Waals surface area contributed by atoms with Crippen molar-refractivity contribution in [3.05, 3.63) is 81.2 Å². The summed E-state index contributed by atoms with van der Waals surface area (Å²) in [5.41, 5.74) is 0.533. The zero-order valence-corrected chi connectivity index (χ0v) is 25.0. The molecule has 0 N–H and O–H groups in total. The van der Waals surface area contributed by atoms with E-state index in [0.29, 0.717) is 11.1 Å². The molecular weight excluding hydrogens is 584 g/mol. The number of alkyl halides is 2. The van der Waals surface area contributed by atoms with Crippen LogP contribution in [0.25, 0.3) is 11.1 Å². The summed E-state index contributed by atoms with van der Waals surface area (Å²) < 4.78 is 48.8. The summed E-state index contributed by atoms with van der Waals surface area (Å²) >= 11 is 6.14. The molecule has 11 heteroatoms. The second-order valence-electron chi connectivity index (χ2n) is 10.5. The topological polar surface area (TPSA) is 93.1 Å². The third-order valence-electron chi connectivity index (χ3n) is 7.52. The van der Waals surface area contributed by atoms with Gasteiger partial charge in [-0.3, -0.25) is 9.59 Å². The van der Waals surface area contributed by atoms with Crippen molar-refractivity contribution in [2.75, 3.05) is 20.3 Å². The second-order valence-corrected chi connectivity index (χ2v) is 11.0. The van der Waals surface area contributed by atoms with Crippen molar-refractivity contribution in [2.24, 2.45) is 0 Å². The second kappa shape index (κ2) is 14.1. The number of rotatable bonds is 14. The Morgan fingerprint density at radius 3 is 2.35 bits per heavy atom. The van der Waals surface area contributed by atoms with Gasteiger partial charge in [0.05, 0.1) is 37.1 Å². The van der Waals surface area contributed by atoms with Gasteiger partial charge in [0.15, 0.2) is 5.78 Å². The van der Waals surface area contributed by atoms with E-state index in [0.717, 1.165) is 19.3 Å². The van der Waals surface area contributed by atoms with Crippen LogP contribution in [0.5, 0.6) is 11.5 Å². The van der Waals surface area contributed by atoms with Crippen LogP contribution in [0.4, 0.5) is 8.78 Å². The number of Topliss-reactive ketones (excluding diaryl/α,β-unsaturated/α-hetero) is 1. The number of aromatic nitrogens is 1. The van der Waals surface area contributed by atoms with Crippen molar-refractivity contribution >= 4 is 23.4 Å². The summed E-state index contributed by atoms with van der Waals surface area (Å²) in [4.78, 5) is 39.3. The largest absolute Gasteiger partial charge is 0.495 e. The van der Waals surface area contributed by atoms with Gasteiger partial charge in [0.1, 0.15) is 11.5 Å². The van der Waals surface area contributed by atoms with Crippen molar-refractivity contribution in [1.29, 1.82) is 0 Å². The van der Waals surface area contributed by atoms with Crippen LogP contribution < -0.4 is 15.0 Å². The van der Waals surface area contributed by atoms with Gasteiger partial charge in [0.2, 0.25) is 0 Å². The van der Waals surface area contributed by atoms with Crippen LogP contribution >= 0.6 is 11.6 Å². The molecule has 0 amide bonds. The van der Waals surface area contributed by atoms with Gasteiger partial charge in [0, 0.05) is 35.2 Å². The first-order chi connectivity index (χ1) is 20.5. The molecule has 1 aromatic heterocycles. The molecule has 0 aliphatic heterocycles. The maximum absolute atomic E-state index is 13.7. The first kappa shape index (κ1) is 32.2. The Balaban J connectivity index is 1.67. The average molecular weight is 618 g/mol. The van der Waals surface area contributed by atoms with Crippen LogP contribution in [0.3, 0.4) is 0 Å². The molecule has 1 heterocycles.